The number of nitrogens with one attached hydrogen (secondary N) is 1. The van der Waals surface area contributed by atoms with E-state index in [0.717, 1.165) is 29.1 Å². The Morgan fingerprint density at radius 1 is 0.784 bits per heavy atom. The fraction of sp³-hybridized carbons (Fsp3) is 0.182. The van der Waals surface area contributed by atoms with Gasteiger partial charge in [-0.15, -0.1) is 0 Å². The van der Waals surface area contributed by atoms with Crippen molar-refractivity contribution >= 4 is 17.2 Å². The topological polar surface area (TPSA) is 35.6 Å². The molecule has 37 heavy (non-hydrogen) atoms. The van der Waals surface area contributed by atoms with Gasteiger partial charge in [-0.3, -0.25) is 15.2 Å². The molecule has 0 bridgehead atoms. The highest BCUT2D eigenvalue weighted by molar-refractivity contribution is 5.99. The summed E-state index contributed by atoms with van der Waals surface area (Å²) < 4.78 is 0. The normalized spacial score (nSPS) is 17.6. The molecule has 0 radical (unpaired) electrons. The fourth-order valence-corrected chi connectivity index (χ4v) is 5.32. The maximum absolute atomic E-state index is 14.2. The average molecular weight is 488 g/mol. The first-order chi connectivity index (χ1) is 18.1. The summed E-state index contributed by atoms with van der Waals surface area (Å²) in [5.41, 5.74) is 10.0. The Labute approximate surface area is 219 Å². The number of hydrazine groups is 1. The quantitative estimate of drug-likeness (QED) is 0.285. The van der Waals surface area contributed by atoms with E-state index in [-0.39, 0.29) is 17.6 Å². The van der Waals surface area contributed by atoms with Crippen LogP contribution in [-0.2, 0) is 0 Å². The van der Waals surface area contributed by atoms with Crippen molar-refractivity contribution in [2.24, 2.45) is 5.92 Å². The van der Waals surface area contributed by atoms with Crippen molar-refractivity contribution in [3.8, 4) is 0 Å². The van der Waals surface area contributed by atoms with Crippen molar-refractivity contribution in [2.75, 3.05) is 32.6 Å². The van der Waals surface area contributed by atoms with Gasteiger partial charge in [-0.05, 0) is 42.9 Å². The van der Waals surface area contributed by atoms with Gasteiger partial charge >= 0.3 is 0 Å². The first-order valence-corrected chi connectivity index (χ1v) is 12.8. The molecule has 5 rings (SSSR count). The van der Waals surface area contributed by atoms with E-state index in [2.05, 4.69) is 90.1 Å². The molecule has 0 amide bonds. The number of hydrogen-bond acceptors (Lipinski definition) is 4. The summed E-state index contributed by atoms with van der Waals surface area (Å²) in [4.78, 5) is 16.4. The van der Waals surface area contributed by atoms with E-state index in [4.69, 9.17) is 0 Å². The summed E-state index contributed by atoms with van der Waals surface area (Å²) in [6, 6.07) is 40.9. The second-order valence-electron chi connectivity index (χ2n) is 9.79. The lowest BCUT2D eigenvalue weighted by Gasteiger charge is -2.44. The summed E-state index contributed by atoms with van der Waals surface area (Å²) in [5.74, 6) is -0.151. The van der Waals surface area contributed by atoms with E-state index in [1.807, 2.05) is 60.7 Å². The molecule has 0 saturated carbocycles. The first-order valence-electron chi connectivity index (χ1n) is 12.8. The summed E-state index contributed by atoms with van der Waals surface area (Å²) in [6.07, 6.45) is 0. The van der Waals surface area contributed by atoms with Crippen molar-refractivity contribution in [2.45, 2.75) is 5.92 Å². The molecule has 0 unspecified atom stereocenters. The molecule has 186 valence electrons. The molecular formula is C33H33N3O. The lowest BCUT2D eigenvalue weighted by molar-refractivity contribution is 0.0878. The van der Waals surface area contributed by atoms with E-state index < -0.39 is 0 Å². The van der Waals surface area contributed by atoms with Gasteiger partial charge < -0.3 is 4.90 Å². The minimum Gasteiger partial charge on any atom is -0.305 e. The molecule has 4 nitrogen and oxygen atoms in total. The van der Waals surface area contributed by atoms with E-state index in [1.165, 1.54) is 11.1 Å². The second kappa shape index (κ2) is 11.3. The monoisotopic (exact) mass is 487 g/mol. The van der Waals surface area contributed by atoms with Crippen LogP contribution < -0.4 is 5.43 Å². The van der Waals surface area contributed by atoms with Crippen molar-refractivity contribution < 1.29 is 4.79 Å². The van der Waals surface area contributed by atoms with Crippen LogP contribution in [0.3, 0.4) is 0 Å². The number of carbonyl (C=O) groups is 1. The molecule has 4 heteroatoms. The third kappa shape index (κ3) is 5.50. The van der Waals surface area contributed by atoms with Crippen LogP contribution >= 0.6 is 0 Å². The van der Waals surface area contributed by atoms with E-state index in [0.29, 0.717) is 6.54 Å². The molecule has 4 aromatic rings. The molecule has 0 saturated heterocycles. The number of anilines is 1. The van der Waals surface area contributed by atoms with Crippen LogP contribution in [0.4, 0.5) is 5.69 Å². The van der Waals surface area contributed by atoms with Gasteiger partial charge in [0.2, 0.25) is 0 Å². The highest BCUT2D eigenvalue weighted by Crippen LogP contribution is 2.44. The zero-order valence-electron chi connectivity index (χ0n) is 21.4. The highest BCUT2D eigenvalue weighted by atomic mass is 16.1. The third-order valence-corrected chi connectivity index (χ3v) is 6.86. The molecule has 1 aliphatic rings. The second-order valence-corrected chi connectivity index (χ2v) is 9.79. The Hall–Kier alpha value is -4.15. The van der Waals surface area contributed by atoms with E-state index in [1.54, 1.807) is 0 Å². The predicted molar refractivity (Wildman–Crippen MR) is 152 cm³/mol. The van der Waals surface area contributed by atoms with Gasteiger partial charge in [-0.1, -0.05) is 109 Å². The van der Waals surface area contributed by atoms with Crippen LogP contribution in [0.25, 0.3) is 5.70 Å². The van der Waals surface area contributed by atoms with Gasteiger partial charge in [0.25, 0.3) is 0 Å². The molecular weight excluding hydrogens is 454 g/mol. The first kappa shape index (κ1) is 24.5. The SMILES string of the molecule is CN(C)CC1=C(c2ccccc2)N(Nc2ccccc2)C[C@H](C(=O)c2ccccc2)[C@H]1c1ccccc1. The Morgan fingerprint density at radius 3 is 1.92 bits per heavy atom. The lowest BCUT2D eigenvalue weighted by atomic mass is 9.73. The van der Waals surface area contributed by atoms with Crippen LogP contribution in [0.15, 0.2) is 127 Å². The van der Waals surface area contributed by atoms with Crippen LogP contribution in [0, 0.1) is 5.92 Å². The van der Waals surface area contributed by atoms with Gasteiger partial charge in [0.15, 0.2) is 5.78 Å². The molecule has 1 N–H and O–H groups in total. The molecule has 4 aromatic carbocycles. The molecule has 1 heterocycles. The van der Waals surface area contributed by atoms with Gasteiger partial charge in [0.05, 0.1) is 23.8 Å². The number of carbonyl (C=O) groups excluding carboxylic acids is 1. The summed E-state index contributed by atoms with van der Waals surface area (Å²) in [5, 5.41) is 2.19. The van der Waals surface area contributed by atoms with E-state index in [9.17, 15) is 4.79 Å². The maximum Gasteiger partial charge on any atom is 0.168 e. The Kier molecular flexibility index (Phi) is 7.48. The third-order valence-electron chi connectivity index (χ3n) is 6.86. The Balaban J connectivity index is 1.73. The van der Waals surface area contributed by atoms with Crippen LogP contribution in [0.5, 0.6) is 0 Å². The summed E-state index contributed by atoms with van der Waals surface area (Å²) >= 11 is 0. The van der Waals surface area contributed by atoms with Gasteiger partial charge in [0.1, 0.15) is 0 Å². The number of benzene rings is 4. The number of ketones is 1. The number of rotatable bonds is 8. The minimum absolute atomic E-state index is 0.0552. The van der Waals surface area contributed by atoms with Gasteiger partial charge in [0, 0.05) is 18.0 Å². The number of likely N-dealkylation sites (N-methyl/N-ethyl adjacent to an activating group) is 1. The molecule has 0 aliphatic carbocycles. The van der Waals surface area contributed by atoms with Crippen molar-refractivity contribution in [3.63, 3.8) is 0 Å². The highest BCUT2D eigenvalue weighted by Gasteiger charge is 2.41. The smallest absolute Gasteiger partial charge is 0.168 e. The largest absolute Gasteiger partial charge is 0.305 e. The summed E-state index contributed by atoms with van der Waals surface area (Å²) in [6.45, 7) is 1.28. The molecule has 0 fully saturated rings. The predicted octanol–water partition coefficient (Wildman–Crippen LogP) is 6.58. The number of para-hydroxylation sites is 1. The Bertz CT molecular complexity index is 1340. The van der Waals surface area contributed by atoms with Crippen LogP contribution in [0.2, 0.25) is 0 Å². The van der Waals surface area contributed by atoms with E-state index >= 15 is 0 Å². The lowest BCUT2D eigenvalue weighted by Crippen LogP contribution is -2.45. The Morgan fingerprint density at radius 2 is 1.32 bits per heavy atom. The number of nitrogens with zero attached hydrogens (tertiary/aromatic N) is 2. The number of Topliss-reactive ketones (excluding diaryl/α,β-unsaturated/α-hetero) is 1. The van der Waals surface area contributed by atoms with Crippen molar-refractivity contribution in [3.05, 3.63) is 144 Å². The zero-order chi connectivity index (χ0) is 25.6. The average Bonchev–Trinajstić information content (AvgIpc) is 2.94. The van der Waals surface area contributed by atoms with Crippen molar-refractivity contribution in [1.82, 2.24) is 9.91 Å². The number of hydrogen-bond donors (Lipinski definition) is 1. The zero-order valence-corrected chi connectivity index (χ0v) is 21.4. The minimum atomic E-state index is -0.261. The van der Waals surface area contributed by atoms with Crippen LogP contribution in [0.1, 0.15) is 27.4 Å². The summed E-state index contributed by atoms with van der Waals surface area (Å²) in [7, 11) is 4.19. The standard InChI is InChI=1S/C33H33N3O/c1-35(2)23-29-31(25-15-7-3-8-16-25)30(33(37)27-19-11-5-12-20-27)24-36(34-28-21-13-6-14-22-28)32(29)26-17-9-4-10-18-26/h3-22,30-31,34H,23-24H2,1-2H3/t30-,31-/m0/s1. The molecule has 1 aliphatic heterocycles. The molecule has 0 aromatic heterocycles. The fourth-order valence-electron chi connectivity index (χ4n) is 5.32. The molecule has 0 spiro atoms. The maximum atomic E-state index is 14.2. The van der Waals surface area contributed by atoms with Gasteiger partial charge in [-0.25, -0.2) is 0 Å². The van der Waals surface area contributed by atoms with Gasteiger partial charge in [-0.2, -0.15) is 0 Å². The van der Waals surface area contributed by atoms with Crippen LogP contribution in [-0.4, -0.2) is 42.9 Å². The molecule has 2 atom stereocenters. The van der Waals surface area contributed by atoms with Crippen molar-refractivity contribution in [1.29, 1.82) is 0 Å².